The monoisotopic (exact) mass is 413 g/mol. The molecule has 1 aliphatic heterocycles. The first-order chi connectivity index (χ1) is 13.1. The Hall–Kier alpha value is -2.07. The van der Waals surface area contributed by atoms with E-state index in [1.165, 1.54) is 0 Å². The first-order valence-corrected chi connectivity index (χ1v) is 10.1. The Morgan fingerprint density at radius 1 is 0.963 bits per heavy atom. The molecular weight excluding hydrogens is 397 g/mol. The number of ether oxygens (including phenoxy) is 1. The quantitative estimate of drug-likeness (QED) is 0.486. The Balaban J connectivity index is 1.84. The number of rotatable bonds is 3. The van der Waals surface area contributed by atoms with Gasteiger partial charge in [-0.1, -0.05) is 53.5 Å². The number of fused-ring (bicyclic) bond motifs is 1. The molecule has 3 aromatic rings. The molecule has 0 aromatic heterocycles. The van der Waals surface area contributed by atoms with E-state index in [0.29, 0.717) is 0 Å². The third-order valence-corrected chi connectivity index (χ3v) is 6.23. The van der Waals surface area contributed by atoms with Crippen LogP contribution in [0.3, 0.4) is 0 Å². The molecule has 0 spiro atoms. The Morgan fingerprint density at radius 3 is 2.48 bits per heavy atom. The zero-order valence-electron chi connectivity index (χ0n) is 14.6. The van der Waals surface area contributed by atoms with Crippen molar-refractivity contribution in [3.8, 4) is 5.75 Å². The second kappa shape index (κ2) is 7.89. The summed E-state index contributed by atoms with van der Waals surface area (Å²) in [6, 6.07) is 21.9. The first-order valence-electron chi connectivity index (χ1n) is 8.48. The van der Waals surface area contributed by atoms with E-state index in [-0.39, 0.29) is 5.25 Å². The zero-order chi connectivity index (χ0) is 18.8. The predicted octanol–water partition coefficient (Wildman–Crippen LogP) is 7.30. The lowest BCUT2D eigenvalue weighted by atomic mass is 10.1. The molecule has 1 aliphatic rings. The predicted molar refractivity (Wildman–Crippen MR) is 116 cm³/mol. The van der Waals surface area contributed by atoms with E-state index in [4.69, 9.17) is 27.9 Å². The van der Waals surface area contributed by atoms with Gasteiger partial charge < -0.3 is 10.1 Å². The molecule has 4 rings (SSSR count). The number of halogens is 2. The van der Waals surface area contributed by atoms with Crippen molar-refractivity contribution in [2.24, 2.45) is 0 Å². The normalized spacial score (nSPS) is 16.0. The lowest BCUT2D eigenvalue weighted by molar-refractivity contribution is 0.414. The van der Waals surface area contributed by atoms with Crippen LogP contribution in [-0.4, -0.2) is 7.11 Å². The molecule has 0 saturated heterocycles. The Labute approximate surface area is 173 Å². The standard InChI is InChI=1S/C22H17Cl2NOS/c1-26-16-10-11-19-22(12-16)27-21(17-4-2-3-5-18(17)24)13-20(25-19)14-6-8-15(23)9-7-14/h2-13,21,25H,1H3. The van der Waals surface area contributed by atoms with Gasteiger partial charge in [0.1, 0.15) is 5.75 Å². The SMILES string of the molecule is COc1ccc2c(c1)SC(c1ccccc1Cl)C=C(c1ccc(Cl)cc1)N2. The van der Waals surface area contributed by atoms with Crippen LogP contribution in [0, 0.1) is 0 Å². The van der Waals surface area contributed by atoms with Gasteiger partial charge in [0.25, 0.3) is 0 Å². The number of anilines is 1. The van der Waals surface area contributed by atoms with Crippen LogP contribution in [-0.2, 0) is 0 Å². The summed E-state index contributed by atoms with van der Waals surface area (Å²) in [6.07, 6.45) is 2.21. The van der Waals surface area contributed by atoms with E-state index >= 15 is 0 Å². The van der Waals surface area contributed by atoms with Crippen molar-refractivity contribution >= 4 is 46.3 Å². The Bertz CT molecular complexity index is 1000. The van der Waals surface area contributed by atoms with Gasteiger partial charge in [0.15, 0.2) is 0 Å². The number of nitrogens with one attached hydrogen (secondary N) is 1. The maximum Gasteiger partial charge on any atom is 0.120 e. The molecule has 0 saturated carbocycles. The minimum absolute atomic E-state index is 0.0604. The lowest BCUT2D eigenvalue weighted by Crippen LogP contribution is -1.99. The first kappa shape index (κ1) is 18.3. The van der Waals surface area contributed by atoms with Gasteiger partial charge in [-0.2, -0.15) is 0 Å². The van der Waals surface area contributed by atoms with Crippen LogP contribution in [0.25, 0.3) is 5.70 Å². The summed E-state index contributed by atoms with van der Waals surface area (Å²) >= 11 is 14.3. The van der Waals surface area contributed by atoms with Crippen molar-refractivity contribution in [3.63, 3.8) is 0 Å². The van der Waals surface area contributed by atoms with E-state index in [2.05, 4.69) is 23.5 Å². The topological polar surface area (TPSA) is 21.3 Å². The minimum Gasteiger partial charge on any atom is -0.497 e. The van der Waals surface area contributed by atoms with Crippen molar-refractivity contribution in [2.45, 2.75) is 10.1 Å². The fourth-order valence-corrected chi connectivity index (χ4v) is 4.68. The van der Waals surface area contributed by atoms with E-state index in [1.807, 2.05) is 54.6 Å². The van der Waals surface area contributed by atoms with Crippen molar-refractivity contribution in [3.05, 3.63) is 94.0 Å². The number of methoxy groups -OCH3 is 1. The molecule has 1 heterocycles. The number of hydrogen-bond donors (Lipinski definition) is 1. The number of hydrogen-bond acceptors (Lipinski definition) is 3. The highest BCUT2D eigenvalue weighted by Crippen LogP contribution is 2.47. The second-order valence-corrected chi connectivity index (χ2v) is 8.16. The molecule has 1 N–H and O–H groups in total. The maximum atomic E-state index is 6.51. The second-order valence-electron chi connectivity index (χ2n) is 6.13. The van der Waals surface area contributed by atoms with Gasteiger partial charge in [0, 0.05) is 20.6 Å². The molecule has 1 unspecified atom stereocenters. The number of thioether (sulfide) groups is 1. The molecular formula is C22H17Cl2NOS. The molecule has 27 heavy (non-hydrogen) atoms. The summed E-state index contributed by atoms with van der Waals surface area (Å²) in [5.74, 6) is 0.830. The summed E-state index contributed by atoms with van der Waals surface area (Å²) < 4.78 is 5.41. The van der Waals surface area contributed by atoms with E-state index in [0.717, 1.165) is 43.2 Å². The molecule has 0 aliphatic carbocycles. The summed E-state index contributed by atoms with van der Waals surface area (Å²) in [7, 11) is 1.68. The van der Waals surface area contributed by atoms with Crippen LogP contribution in [0.15, 0.2) is 77.7 Å². The van der Waals surface area contributed by atoms with Gasteiger partial charge >= 0.3 is 0 Å². The molecule has 5 heteroatoms. The van der Waals surface area contributed by atoms with Gasteiger partial charge in [-0.15, -0.1) is 11.8 Å². The van der Waals surface area contributed by atoms with Gasteiger partial charge in [-0.25, -0.2) is 0 Å². The molecule has 0 bridgehead atoms. The average molecular weight is 414 g/mol. The molecule has 0 amide bonds. The molecule has 136 valence electrons. The molecule has 1 atom stereocenters. The average Bonchev–Trinajstić information content (AvgIpc) is 2.87. The number of benzene rings is 3. The van der Waals surface area contributed by atoms with Crippen LogP contribution >= 0.6 is 35.0 Å². The minimum atomic E-state index is 0.0604. The molecule has 0 fully saturated rings. The van der Waals surface area contributed by atoms with Crippen molar-refractivity contribution in [2.75, 3.05) is 12.4 Å². The highest BCUT2D eigenvalue weighted by molar-refractivity contribution is 7.99. The summed E-state index contributed by atoms with van der Waals surface area (Å²) in [6.45, 7) is 0. The van der Waals surface area contributed by atoms with Gasteiger partial charge in [0.2, 0.25) is 0 Å². The van der Waals surface area contributed by atoms with Crippen LogP contribution < -0.4 is 10.1 Å². The van der Waals surface area contributed by atoms with Crippen LogP contribution in [0.4, 0.5) is 5.69 Å². The molecule has 3 aromatic carbocycles. The maximum absolute atomic E-state index is 6.51. The summed E-state index contributed by atoms with van der Waals surface area (Å²) in [5.41, 5.74) is 4.21. The summed E-state index contributed by atoms with van der Waals surface area (Å²) in [5, 5.41) is 5.10. The van der Waals surface area contributed by atoms with E-state index in [1.54, 1.807) is 18.9 Å². The Morgan fingerprint density at radius 2 is 1.74 bits per heavy atom. The van der Waals surface area contributed by atoms with Gasteiger partial charge in [-0.05, 0) is 53.6 Å². The largest absolute Gasteiger partial charge is 0.497 e. The highest BCUT2D eigenvalue weighted by Gasteiger charge is 2.21. The fraction of sp³-hybridized carbons (Fsp3) is 0.0909. The molecule has 0 radical (unpaired) electrons. The van der Waals surface area contributed by atoms with Crippen LogP contribution in [0.5, 0.6) is 5.75 Å². The summed E-state index contributed by atoms with van der Waals surface area (Å²) in [4.78, 5) is 1.11. The van der Waals surface area contributed by atoms with Crippen LogP contribution in [0.1, 0.15) is 16.4 Å². The van der Waals surface area contributed by atoms with Crippen molar-refractivity contribution in [1.82, 2.24) is 0 Å². The Kier molecular flexibility index (Phi) is 5.35. The fourth-order valence-electron chi connectivity index (χ4n) is 3.00. The third kappa shape index (κ3) is 3.96. The van der Waals surface area contributed by atoms with E-state index in [9.17, 15) is 0 Å². The van der Waals surface area contributed by atoms with Crippen LogP contribution in [0.2, 0.25) is 10.0 Å². The van der Waals surface area contributed by atoms with Crippen molar-refractivity contribution < 1.29 is 4.74 Å². The van der Waals surface area contributed by atoms with Crippen molar-refractivity contribution in [1.29, 1.82) is 0 Å². The van der Waals surface area contributed by atoms with Gasteiger partial charge in [-0.3, -0.25) is 0 Å². The third-order valence-electron chi connectivity index (χ3n) is 4.40. The lowest BCUT2D eigenvalue weighted by Gasteiger charge is -2.14. The smallest absolute Gasteiger partial charge is 0.120 e. The van der Waals surface area contributed by atoms with Gasteiger partial charge in [0.05, 0.1) is 18.0 Å². The van der Waals surface area contributed by atoms with E-state index < -0.39 is 0 Å². The zero-order valence-corrected chi connectivity index (χ0v) is 16.9. The highest BCUT2D eigenvalue weighted by atomic mass is 35.5. The molecule has 2 nitrogen and oxygen atoms in total.